The summed E-state index contributed by atoms with van der Waals surface area (Å²) in [5, 5.41) is 3.60. The van der Waals surface area contributed by atoms with Crippen molar-refractivity contribution >= 4 is 0 Å². The standard InChI is InChI=1S/C12H25N/c1-4-13-12(9-10(2)3)8-7-11-5-6-11/h10-13H,4-9H2,1-3H3. The molecule has 0 aromatic heterocycles. The van der Waals surface area contributed by atoms with Crippen LogP contribution in [0.15, 0.2) is 0 Å². The van der Waals surface area contributed by atoms with E-state index in [0.717, 1.165) is 24.4 Å². The van der Waals surface area contributed by atoms with Gasteiger partial charge in [0.2, 0.25) is 0 Å². The number of hydrogen-bond donors (Lipinski definition) is 1. The number of nitrogens with one attached hydrogen (secondary N) is 1. The van der Waals surface area contributed by atoms with Gasteiger partial charge in [-0.3, -0.25) is 0 Å². The summed E-state index contributed by atoms with van der Waals surface area (Å²) in [5.74, 6) is 1.93. The second-order valence-corrected chi connectivity index (χ2v) is 4.90. The Hall–Kier alpha value is -0.0400. The third-order valence-electron chi connectivity index (χ3n) is 2.87. The van der Waals surface area contributed by atoms with E-state index in [1.165, 1.54) is 32.1 Å². The molecule has 1 heteroatoms. The zero-order valence-electron chi connectivity index (χ0n) is 9.47. The van der Waals surface area contributed by atoms with E-state index in [9.17, 15) is 0 Å². The second-order valence-electron chi connectivity index (χ2n) is 4.90. The molecule has 0 heterocycles. The molecule has 1 aliphatic rings. The molecule has 0 spiro atoms. The van der Waals surface area contributed by atoms with Gasteiger partial charge in [0.25, 0.3) is 0 Å². The Bertz CT molecular complexity index is 127. The molecule has 1 N–H and O–H groups in total. The molecule has 1 fully saturated rings. The van der Waals surface area contributed by atoms with Crippen LogP contribution in [-0.4, -0.2) is 12.6 Å². The van der Waals surface area contributed by atoms with E-state index in [1.54, 1.807) is 0 Å². The minimum Gasteiger partial charge on any atom is -0.314 e. The summed E-state index contributed by atoms with van der Waals surface area (Å²) in [6, 6.07) is 0.783. The van der Waals surface area contributed by atoms with Crippen LogP contribution in [0.4, 0.5) is 0 Å². The van der Waals surface area contributed by atoms with Crippen LogP contribution in [0, 0.1) is 11.8 Å². The molecule has 0 radical (unpaired) electrons. The molecule has 0 aromatic rings. The highest BCUT2D eigenvalue weighted by Gasteiger charge is 2.22. The van der Waals surface area contributed by atoms with E-state index in [0.29, 0.717) is 0 Å². The van der Waals surface area contributed by atoms with Gasteiger partial charge in [0.15, 0.2) is 0 Å². The van der Waals surface area contributed by atoms with Gasteiger partial charge in [0.1, 0.15) is 0 Å². The van der Waals surface area contributed by atoms with E-state index >= 15 is 0 Å². The zero-order valence-corrected chi connectivity index (χ0v) is 9.47. The number of rotatable bonds is 7. The Morgan fingerprint density at radius 2 is 2.00 bits per heavy atom. The molecule has 1 saturated carbocycles. The Balaban J connectivity index is 2.11. The van der Waals surface area contributed by atoms with Crippen molar-refractivity contribution in [1.29, 1.82) is 0 Å². The molecule has 0 amide bonds. The summed E-state index contributed by atoms with van der Waals surface area (Å²) >= 11 is 0. The Morgan fingerprint density at radius 1 is 1.31 bits per heavy atom. The lowest BCUT2D eigenvalue weighted by Gasteiger charge is -2.19. The van der Waals surface area contributed by atoms with Gasteiger partial charge in [-0.25, -0.2) is 0 Å². The van der Waals surface area contributed by atoms with Crippen molar-refractivity contribution < 1.29 is 0 Å². The highest BCUT2D eigenvalue weighted by Crippen LogP contribution is 2.34. The van der Waals surface area contributed by atoms with Crippen molar-refractivity contribution in [2.75, 3.05) is 6.54 Å². The van der Waals surface area contributed by atoms with Crippen molar-refractivity contribution in [1.82, 2.24) is 5.32 Å². The number of hydrogen-bond acceptors (Lipinski definition) is 1. The van der Waals surface area contributed by atoms with Crippen LogP contribution in [0.1, 0.15) is 52.9 Å². The van der Waals surface area contributed by atoms with Gasteiger partial charge in [0, 0.05) is 6.04 Å². The fourth-order valence-electron chi connectivity index (χ4n) is 2.00. The third kappa shape index (κ3) is 5.30. The molecular weight excluding hydrogens is 158 g/mol. The van der Waals surface area contributed by atoms with E-state index in [2.05, 4.69) is 26.1 Å². The summed E-state index contributed by atoms with van der Waals surface area (Å²) in [7, 11) is 0. The van der Waals surface area contributed by atoms with Gasteiger partial charge in [-0.05, 0) is 37.6 Å². The van der Waals surface area contributed by atoms with Crippen molar-refractivity contribution in [3.8, 4) is 0 Å². The molecule has 78 valence electrons. The molecule has 13 heavy (non-hydrogen) atoms. The fraction of sp³-hybridized carbons (Fsp3) is 1.00. The largest absolute Gasteiger partial charge is 0.314 e. The first-order chi connectivity index (χ1) is 6.22. The van der Waals surface area contributed by atoms with Crippen LogP contribution in [0.25, 0.3) is 0 Å². The molecule has 0 bridgehead atoms. The molecule has 1 rings (SSSR count). The molecular formula is C12H25N. The van der Waals surface area contributed by atoms with Crippen molar-refractivity contribution in [2.24, 2.45) is 11.8 Å². The second kappa shape index (κ2) is 5.64. The maximum Gasteiger partial charge on any atom is 0.00694 e. The first-order valence-electron chi connectivity index (χ1n) is 5.95. The SMILES string of the molecule is CCNC(CCC1CC1)CC(C)C. The maximum atomic E-state index is 3.60. The average Bonchev–Trinajstić information content (AvgIpc) is 2.82. The smallest absolute Gasteiger partial charge is 0.00694 e. The summed E-state index contributed by atoms with van der Waals surface area (Å²) in [4.78, 5) is 0. The molecule has 1 unspecified atom stereocenters. The van der Waals surface area contributed by atoms with Gasteiger partial charge in [-0.2, -0.15) is 0 Å². The Labute approximate surface area is 83.3 Å². The highest BCUT2D eigenvalue weighted by atomic mass is 14.9. The van der Waals surface area contributed by atoms with Crippen molar-refractivity contribution in [3.63, 3.8) is 0 Å². The predicted molar refractivity (Wildman–Crippen MR) is 58.9 cm³/mol. The molecule has 1 atom stereocenters. The van der Waals surface area contributed by atoms with Crippen LogP contribution in [0.2, 0.25) is 0 Å². The normalized spacial score (nSPS) is 19.4. The van der Waals surface area contributed by atoms with E-state index in [1.807, 2.05) is 0 Å². The molecule has 0 aromatic carbocycles. The predicted octanol–water partition coefficient (Wildman–Crippen LogP) is 3.20. The van der Waals surface area contributed by atoms with Crippen molar-refractivity contribution in [2.45, 2.75) is 58.9 Å². The Morgan fingerprint density at radius 3 is 2.46 bits per heavy atom. The monoisotopic (exact) mass is 183 g/mol. The summed E-state index contributed by atoms with van der Waals surface area (Å²) in [6.07, 6.45) is 7.21. The van der Waals surface area contributed by atoms with Crippen LogP contribution >= 0.6 is 0 Å². The van der Waals surface area contributed by atoms with E-state index in [4.69, 9.17) is 0 Å². The maximum absolute atomic E-state index is 3.60. The molecule has 1 nitrogen and oxygen atoms in total. The minimum atomic E-state index is 0.783. The lowest BCUT2D eigenvalue weighted by atomic mass is 9.98. The fourth-order valence-corrected chi connectivity index (χ4v) is 2.00. The quantitative estimate of drug-likeness (QED) is 0.639. The van der Waals surface area contributed by atoms with Crippen LogP contribution in [0.5, 0.6) is 0 Å². The third-order valence-corrected chi connectivity index (χ3v) is 2.87. The Kier molecular flexibility index (Phi) is 4.79. The lowest BCUT2D eigenvalue weighted by molar-refractivity contribution is 0.390. The lowest BCUT2D eigenvalue weighted by Crippen LogP contribution is -2.30. The van der Waals surface area contributed by atoms with Gasteiger partial charge in [-0.15, -0.1) is 0 Å². The topological polar surface area (TPSA) is 12.0 Å². The molecule has 1 aliphatic carbocycles. The highest BCUT2D eigenvalue weighted by molar-refractivity contribution is 4.77. The van der Waals surface area contributed by atoms with Gasteiger partial charge in [0.05, 0.1) is 0 Å². The van der Waals surface area contributed by atoms with E-state index in [-0.39, 0.29) is 0 Å². The van der Waals surface area contributed by atoms with Crippen LogP contribution < -0.4 is 5.32 Å². The summed E-state index contributed by atoms with van der Waals surface area (Å²) < 4.78 is 0. The zero-order chi connectivity index (χ0) is 9.68. The first kappa shape index (κ1) is 11.0. The first-order valence-corrected chi connectivity index (χ1v) is 5.95. The van der Waals surface area contributed by atoms with Gasteiger partial charge < -0.3 is 5.32 Å². The van der Waals surface area contributed by atoms with Crippen LogP contribution in [0.3, 0.4) is 0 Å². The summed E-state index contributed by atoms with van der Waals surface area (Å²) in [5.41, 5.74) is 0. The van der Waals surface area contributed by atoms with E-state index < -0.39 is 0 Å². The van der Waals surface area contributed by atoms with Crippen molar-refractivity contribution in [3.05, 3.63) is 0 Å². The van der Waals surface area contributed by atoms with Gasteiger partial charge >= 0.3 is 0 Å². The minimum absolute atomic E-state index is 0.783. The van der Waals surface area contributed by atoms with Gasteiger partial charge in [-0.1, -0.05) is 33.6 Å². The summed E-state index contributed by atoms with van der Waals surface area (Å²) in [6.45, 7) is 7.98. The van der Waals surface area contributed by atoms with Crippen LogP contribution in [-0.2, 0) is 0 Å². The molecule has 0 aliphatic heterocycles. The molecule has 0 saturated heterocycles. The average molecular weight is 183 g/mol.